The Morgan fingerprint density at radius 1 is 1.26 bits per heavy atom. The number of sulfonamides is 1. The van der Waals surface area contributed by atoms with Crippen LogP contribution in [0.4, 0.5) is 5.69 Å². The largest absolute Gasteiger partial charge is 0.497 e. The van der Waals surface area contributed by atoms with Crippen LogP contribution in [0.3, 0.4) is 0 Å². The third-order valence-electron chi connectivity index (χ3n) is 5.22. The summed E-state index contributed by atoms with van der Waals surface area (Å²) in [5.74, 6) is -0.414. The maximum absolute atomic E-state index is 13.1. The zero-order chi connectivity index (χ0) is 25.9. The van der Waals surface area contributed by atoms with Crippen molar-refractivity contribution in [3.05, 3.63) is 63.8 Å². The molecule has 0 spiro atoms. The molecule has 0 saturated carbocycles. The minimum absolute atomic E-state index is 0.0119. The summed E-state index contributed by atoms with van der Waals surface area (Å²) in [4.78, 5) is 22.1. The molecule has 0 radical (unpaired) electrons. The SMILES string of the molecule is CC[C@H](C)NS(=O)(=O)c1cc([N+](=O)[O-])ccc1Oc1c(C)c(C(N)=O)nn1-c1ccc(OC)cc1. The number of nitrogens with two attached hydrogens (primary N) is 1. The number of amides is 1. The lowest BCUT2D eigenvalue weighted by Crippen LogP contribution is -2.32. The second kappa shape index (κ2) is 10.1. The van der Waals surface area contributed by atoms with E-state index in [1.165, 1.54) is 17.9 Å². The third-order valence-corrected chi connectivity index (χ3v) is 6.83. The fraction of sp³-hybridized carbons (Fsp3) is 0.273. The van der Waals surface area contributed by atoms with Gasteiger partial charge in [-0.15, -0.1) is 0 Å². The number of nitrogens with one attached hydrogen (secondary N) is 1. The van der Waals surface area contributed by atoms with Crippen LogP contribution >= 0.6 is 0 Å². The molecule has 0 aliphatic carbocycles. The van der Waals surface area contributed by atoms with Crippen LogP contribution in [0.15, 0.2) is 47.4 Å². The van der Waals surface area contributed by atoms with Gasteiger partial charge in [0.2, 0.25) is 15.9 Å². The van der Waals surface area contributed by atoms with Gasteiger partial charge in [0.25, 0.3) is 11.6 Å². The predicted molar refractivity (Wildman–Crippen MR) is 127 cm³/mol. The minimum atomic E-state index is -4.20. The first-order chi connectivity index (χ1) is 16.5. The molecule has 0 aliphatic heterocycles. The number of aromatic nitrogens is 2. The van der Waals surface area contributed by atoms with Crippen molar-refractivity contribution >= 4 is 21.6 Å². The van der Waals surface area contributed by atoms with Crippen LogP contribution in [-0.2, 0) is 10.0 Å². The smallest absolute Gasteiger partial charge is 0.271 e. The van der Waals surface area contributed by atoms with Crippen LogP contribution in [-0.4, -0.2) is 42.2 Å². The third kappa shape index (κ3) is 5.41. The van der Waals surface area contributed by atoms with Crippen molar-refractivity contribution in [1.82, 2.24) is 14.5 Å². The molecule has 13 heteroatoms. The zero-order valence-corrected chi connectivity index (χ0v) is 20.3. The lowest BCUT2D eigenvalue weighted by Gasteiger charge is -2.16. The predicted octanol–water partition coefficient (Wildman–Crippen LogP) is 3.07. The molecule has 35 heavy (non-hydrogen) atoms. The number of primary amides is 1. The van der Waals surface area contributed by atoms with E-state index in [1.54, 1.807) is 45.0 Å². The Hall–Kier alpha value is -3.97. The highest BCUT2D eigenvalue weighted by atomic mass is 32.2. The van der Waals surface area contributed by atoms with E-state index in [0.29, 0.717) is 17.9 Å². The number of ether oxygens (including phenoxy) is 2. The molecule has 3 aromatic rings. The number of hydrogen-bond donors (Lipinski definition) is 2. The van der Waals surface area contributed by atoms with E-state index in [4.69, 9.17) is 15.2 Å². The molecule has 0 saturated heterocycles. The molecule has 1 aromatic heterocycles. The van der Waals surface area contributed by atoms with Crippen molar-refractivity contribution in [3.63, 3.8) is 0 Å². The van der Waals surface area contributed by atoms with Gasteiger partial charge < -0.3 is 15.2 Å². The number of benzene rings is 2. The summed E-state index contributed by atoms with van der Waals surface area (Å²) in [5.41, 5.74) is 5.68. The lowest BCUT2D eigenvalue weighted by molar-refractivity contribution is -0.385. The highest BCUT2D eigenvalue weighted by Crippen LogP contribution is 2.36. The summed E-state index contributed by atoms with van der Waals surface area (Å²) < 4.78 is 41.1. The van der Waals surface area contributed by atoms with Crippen LogP contribution in [0.2, 0.25) is 0 Å². The Bertz CT molecular complexity index is 1370. The van der Waals surface area contributed by atoms with E-state index < -0.39 is 37.5 Å². The second-order valence-corrected chi connectivity index (χ2v) is 9.36. The summed E-state index contributed by atoms with van der Waals surface area (Å²) in [6.45, 7) is 5.00. The maximum atomic E-state index is 13.1. The average molecular weight is 504 g/mol. The molecule has 0 bridgehead atoms. The van der Waals surface area contributed by atoms with E-state index in [2.05, 4.69) is 9.82 Å². The molecule has 12 nitrogen and oxygen atoms in total. The molecule has 3 N–H and O–H groups in total. The van der Waals surface area contributed by atoms with Crippen molar-refractivity contribution in [2.45, 2.75) is 38.1 Å². The Kier molecular flexibility index (Phi) is 7.41. The fourth-order valence-corrected chi connectivity index (χ4v) is 4.63. The van der Waals surface area contributed by atoms with E-state index in [1.807, 2.05) is 0 Å². The summed E-state index contributed by atoms with van der Waals surface area (Å²) in [5, 5.41) is 15.6. The fourth-order valence-electron chi connectivity index (χ4n) is 3.15. The number of nitrogens with zero attached hydrogens (tertiary/aromatic N) is 3. The summed E-state index contributed by atoms with van der Waals surface area (Å²) in [6, 6.07) is 9.42. The van der Waals surface area contributed by atoms with Gasteiger partial charge in [0.1, 0.15) is 16.4 Å². The number of carbonyl (C=O) groups excluding carboxylic acids is 1. The lowest BCUT2D eigenvalue weighted by atomic mass is 10.2. The molecule has 2 aromatic carbocycles. The molecule has 3 rings (SSSR count). The van der Waals surface area contributed by atoms with Gasteiger partial charge in [0.05, 0.1) is 17.7 Å². The van der Waals surface area contributed by atoms with E-state index in [0.717, 1.165) is 12.1 Å². The number of carbonyl (C=O) groups is 1. The van der Waals surface area contributed by atoms with Gasteiger partial charge in [0.15, 0.2) is 5.69 Å². The normalized spacial score (nSPS) is 12.2. The van der Waals surface area contributed by atoms with Gasteiger partial charge in [-0.05, 0) is 50.6 Å². The van der Waals surface area contributed by atoms with Crippen LogP contribution in [0.5, 0.6) is 17.4 Å². The molecule has 0 aliphatic rings. The standard InChI is InChI=1S/C22H25N5O7S/c1-5-13(2)25-35(31,32)19-12-16(27(29)30)8-11-18(19)34-22-14(3)20(21(23)28)24-26(22)15-6-9-17(33-4)10-7-15/h6-13,25H,5H2,1-4H3,(H2,23,28)/t13-/m0/s1. The molecule has 1 amide bonds. The number of nitro groups is 1. The van der Waals surface area contributed by atoms with Crippen molar-refractivity contribution in [1.29, 1.82) is 0 Å². The van der Waals surface area contributed by atoms with Crippen molar-refractivity contribution < 1.29 is 27.6 Å². The molecule has 0 fully saturated rings. The Morgan fingerprint density at radius 2 is 1.91 bits per heavy atom. The van der Waals surface area contributed by atoms with Crippen LogP contribution in [0, 0.1) is 17.0 Å². The van der Waals surface area contributed by atoms with Gasteiger partial charge in [-0.2, -0.15) is 9.78 Å². The van der Waals surface area contributed by atoms with Gasteiger partial charge >= 0.3 is 0 Å². The molecule has 1 heterocycles. The molecule has 0 unspecified atom stereocenters. The minimum Gasteiger partial charge on any atom is -0.497 e. The van der Waals surface area contributed by atoms with Crippen molar-refractivity contribution in [2.75, 3.05) is 7.11 Å². The monoisotopic (exact) mass is 503 g/mol. The number of nitro benzene ring substituents is 1. The van der Waals surface area contributed by atoms with Gasteiger partial charge in [-0.25, -0.2) is 13.1 Å². The number of rotatable bonds is 10. The maximum Gasteiger partial charge on any atom is 0.271 e. The van der Waals surface area contributed by atoms with Gasteiger partial charge in [-0.1, -0.05) is 6.92 Å². The van der Waals surface area contributed by atoms with Gasteiger partial charge in [-0.3, -0.25) is 14.9 Å². The number of non-ortho nitro benzene ring substituents is 1. The average Bonchev–Trinajstić information content (AvgIpc) is 3.15. The second-order valence-electron chi connectivity index (χ2n) is 7.67. The Morgan fingerprint density at radius 3 is 2.46 bits per heavy atom. The first-order valence-electron chi connectivity index (χ1n) is 10.5. The van der Waals surface area contributed by atoms with Crippen LogP contribution < -0.4 is 19.9 Å². The Balaban J connectivity index is 2.19. The first kappa shape index (κ1) is 25.6. The van der Waals surface area contributed by atoms with Crippen LogP contribution in [0.25, 0.3) is 5.69 Å². The van der Waals surface area contributed by atoms with E-state index in [9.17, 15) is 23.3 Å². The highest BCUT2D eigenvalue weighted by Gasteiger charge is 2.28. The first-order valence-corrected chi connectivity index (χ1v) is 12.0. The molecule has 1 atom stereocenters. The number of hydrogen-bond acceptors (Lipinski definition) is 8. The topological polar surface area (TPSA) is 169 Å². The summed E-state index contributed by atoms with van der Waals surface area (Å²) in [6.07, 6.45) is 0.496. The van der Waals surface area contributed by atoms with Crippen LogP contribution in [0.1, 0.15) is 36.3 Å². The highest BCUT2D eigenvalue weighted by molar-refractivity contribution is 7.89. The Labute approximate surface area is 201 Å². The number of methoxy groups -OCH3 is 1. The summed E-state index contributed by atoms with van der Waals surface area (Å²) >= 11 is 0. The summed E-state index contributed by atoms with van der Waals surface area (Å²) in [7, 11) is -2.69. The molecule has 186 valence electrons. The van der Waals surface area contributed by atoms with Crippen molar-refractivity contribution in [3.8, 4) is 23.1 Å². The van der Waals surface area contributed by atoms with E-state index >= 15 is 0 Å². The zero-order valence-electron chi connectivity index (χ0n) is 19.5. The van der Waals surface area contributed by atoms with Crippen molar-refractivity contribution in [2.24, 2.45) is 5.73 Å². The van der Waals surface area contributed by atoms with Gasteiger partial charge in [0, 0.05) is 23.7 Å². The molecular weight excluding hydrogens is 478 g/mol. The molecular formula is C22H25N5O7S. The van der Waals surface area contributed by atoms with E-state index in [-0.39, 0.29) is 22.9 Å². The quantitative estimate of drug-likeness (QED) is 0.314.